The van der Waals surface area contributed by atoms with E-state index in [-0.39, 0.29) is 31.3 Å². The maximum atomic E-state index is 13.8. The van der Waals surface area contributed by atoms with Crippen LogP contribution in [0.2, 0.25) is 0 Å². The molecule has 0 aromatic rings. The maximum Gasteiger partial charge on any atom is 0.316 e. The van der Waals surface area contributed by atoms with E-state index in [0.717, 1.165) is 6.42 Å². The van der Waals surface area contributed by atoms with Crippen LogP contribution in [0, 0.1) is 17.8 Å². The molecule has 11 atom stereocenters. The third-order valence-electron chi connectivity index (χ3n) is 9.60. The van der Waals surface area contributed by atoms with E-state index in [1.807, 2.05) is 19.9 Å². The molecule has 0 saturated carbocycles. The Bertz CT molecular complexity index is 1090. The number of hydrogen-bond donors (Lipinski definition) is 4. The molecule has 5 aliphatic rings. The fourth-order valence-electron chi connectivity index (χ4n) is 6.85. The first kappa shape index (κ1) is 29.6. The van der Waals surface area contributed by atoms with Gasteiger partial charge in [-0.15, -0.1) is 0 Å². The number of carbonyl (C=O) groups is 1. The summed E-state index contributed by atoms with van der Waals surface area (Å²) in [5.74, 6) is -2.54. The Morgan fingerprint density at radius 2 is 1.88 bits per heavy atom. The number of allylic oxidation sites excluding steroid dienone is 2. The number of rotatable bonds is 1. The van der Waals surface area contributed by atoms with Crippen molar-refractivity contribution in [3.8, 4) is 0 Å². The number of aliphatic hydroxyl groups is 4. The van der Waals surface area contributed by atoms with Gasteiger partial charge in [-0.1, -0.05) is 44.2 Å². The molecule has 4 heterocycles. The van der Waals surface area contributed by atoms with Gasteiger partial charge in [-0.2, -0.15) is 0 Å². The lowest BCUT2D eigenvalue weighted by molar-refractivity contribution is -0.332. The lowest BCUT2D eigenvalue weighted by Gasteiger charge is -2.49. The van der Waals surface area contributed by atoms with Crippen LogP contribution < -0.4 is 0 Å². The van der Waals surface area contributed by atoms with Crippen molar-refractivity contribution in [1.82, 2.24) is 0 Å². The van der Waals surface area contributed by atoms with Crippen molar-refractivity contribution in [2.45, 2.75) is 108 Å². The SMILES string of the molecule is CC1=C[C@H]2C(=O)O[C@H]3C[C@H](C/C=C(\CO)[C@H](O)[C@H](C)/C=C/C=C4\CO[C@@H]([C@@H]1O)[C@@]42O)O[C@@]1(CC[C@@H](C)[C@H](C)O1)C3. The number of esters is 1. The molecular weight excluding hydrogens is 516 g/mol. The van der Waals surface area contributed by atoms with Gasteiger partial charge in [-0.05, 0) is 49.3 Å². The molecular formula is C31H44O9. The van der Waals surface area contributed by atoms with Crippen molar-refractivity contribution in [2.24, 2.45) is 17.8 Å². The van der Waals surface area contributed by atoms with Crippen LogP contribution in [0.4, 0.5) is 0 Å². The van der Waals surface area contributed by atoms with Crippen LogP contribution in [0.25, 0.3) is 0 Å². The van der Waals surface area contributed by atoms with Crippen LogP contribution in [0.5, 0.6) is 0 Å². The van der Waals surface area contributed by atoms with E-state index < -0.39 is 47.7 Å². The zero-order valence-corrected chi connectivity index (χ0v) is 23.9. The molecule has 0 unspecified atom stereocenters. The molecule has 9 heteroatoms. The van der Waals surface area contributed by atoms with Gasteiger partial charge in [0.2, 0.25) is 0 Å². The van der Waals surface area contributed by atoms with Crippen LogP contribution in [-0.4, -0.2) is 87.6 Å². The van der Waals surface area contributed by atoms with Gasteiger partial charge in [-0.3, -0.25) is 4.79 Å². The molecule has 0 amide bonds. The highest BCUT2D eigenvalue weighted by Gasteiger charge is 2.60. The predicted molar refractivity (Wildman–Crippen MR) is 146 cm³/mol. The van der Waals surface area contributed by atoms with Crippen LogP contribution in [0.1, 0.15) is 59.8 Å². The molecule has 4 N–H and O–H groups in total. The minimum atomic E-state index is -1.79. The second kappa shape index (κ2) is 11.4. The van der Waals surface area contributed by atoms with Crippen molar-refractivity contribution < 1.29 is 44.2 Å². The third kappa shape index (κ3) is 5.38. The predicted octanol–water partition coefficient (Wildman–Crippen LogP) is 2.48. The second-order valence-corrected chi connectivity index (χ2v) is 12.4. The van der Waals surface area contributed by atoms with Crippen LogP contribution in [0.15, 0.2) is 47.1 Å². The summed E-state index contributed by atoms with van der Waals surface area (Å²) in [6, 6.07) is 0. The molecule has 5 rings (SSSR count). The summed E-state index contributed by atoms with van der Waals surface area (Å²) in [4.78, 5) is 13.8. The number of hydrogen-bond acceptors (Lipinski definition) is 9. The standard InChI is InChI=1S/C31H44O9/c1-17-10-11-30(39-20(17)4)14-24-13-23(40-30)9-8-21(15-32)26(33)18(2)6-5-7-22-16-37-28-27(34)19(3)12-25(29(35)38-24)31(22,28)36/h5-8,12,17-18,20,23-28,32-34,36H,9-11,13-16H2,1-4H3/b6-5+,21-8+,22-7+/t17-,18-,20+,23+,24+,25+,26-,27-,28+,30+,31-/m1/s1. The molecule has 0 aromatic heterocycles. The molecule has 222 valence electrons. The molecule has 1 spiro atoms. The fourth-order valence-corrected chi connectivity index (χ4v) is 6.85. The molecule has 9 nitrogen and oxygen atoms in total. The molecule has 3 saturated heterocycles. The normalized spacial score (nSPS) is 49.6. The third-order valence-corrected chi connectivity index (χ3v) is 9.60. The first-order chi connectivity index (χ1) is 19.0. The van der Waals surface area contributed by atoms with E-state index in [1.165, 1.54) is 0 Å². The highest BCUT2D eigenvalue weighted by molar-refractivity contribution is 5.78. The fraction of sp³-hybridized carbons (Fsp3) is 0.710. The molecule has 2 bridgehead atoms. The average molecular weight is 561 g/mol. The van der Waals surface area contributed by atoms with Gasteiger partial charge in [0.25, 0.3) is 0 Å². The van der Waals surface area contributed by atoms with Gasteiger partial charge in [0.05, 0.1) is 31.5 Å². The Morgan fingerprint density at radius 3 is 2.60 bits per heavy atom. The van der Waals surface area contributed by atoms with Crippen LogP contribution >= 0.6 is 0 Å². The smallest absolute Gasteiger partial charge is 0.316 e. The summed E-state index contributed by atoms with van der Waals surface area (Å²) in [7, 11) is 0. The number of ether oxygens (including phenoxy) is 4. The summed E-state index contributed by atoms with van der Waals surface area (Å²) in [5, 5.41) is 43.9. The first-order valence-electron chi connectivity index (χ1n) is 14.6. The summed E-state index contributed by atoms with van der Waals surface area (Å²) >= 11 is 0. The van der Waals surface area contributed by atoms with E-state index in [0.29, 0.717) is 48.3 Å². The minimum Gasteiger partial charge on any atom is -0.462 e. The zero-order chi connectivity index (χ0) is 28.8. The van der Waals surface area contributed by atoms with Gasteiger partial charge >= 0.3 is 5.97 Å². The number of carbonyl (C=O) groups excluding carboxylic acids is 1. The zero-order valence-electron chi connectivity index (χ0n) is 23.9. The van der Waals surface area contributed by atoms with Crippen molar-refractivity contribution in [3.05, 3.63) is 47.1 Å². The van der Waals surface area contributed by atoms with Gasteiger partial charge in [0.15, 0.2) is 5.79 Å². The van der Waals surface area contributed by atoms with Crippen molar-refractivity contribution in [1.29, 1.82) is 0 Å². The molecule has 0 radical (unpaired) electrons. The lowest BCUT2D eigenvalue weighted by Crippen LogP contribution is -2.58. The van der Waals surface area contributed by atoms with E-state index >= 15 is 0 Å². The Kier molecular flexibility index (Phi) is 8.47. The van der Waals surface area contributed by atoms with Gasteiger partial charge in [0.1, 0.15) is 29.8 Å². The topological polar surface area (TPSA) is 135 Å². The Labute approximate surface area is 236 Å². The number of fused-ring (bicyclic) bond motifs is 2. The van der Waals surface area contributed by atoms with Crippen molar-refractivity contribution in [3.63, 3.8) is 0 Å². The highest BCUT2D eigenvalue weighted by Crippen LogP contribution is 2.47. The maximum absolute atomic E-state index is 13.8. The lowest BCUT2D eigenvalue weighted by atomic mass is 9.71. The average Bonchev–Trinajstić information content (AvgIpc) is 3.25. The monoisotopic (exact) mass is 560 g/mol. The van der Waals surface area contributed by atoms with E-state index in [4.69, 9.17) is 18.9 Å². The van der Waals surface area contributed by atoms with Gasteiger partial charge in [-0.25, -0.2) is 0 Å². The number of aliphatic hydroxyl groups excluding tert-OH is 3. The highest BCUT2D eigenvalue weighted by atomic mass is 16.7. The van der Waals surface area contributed by atoms with E-state index in [1.54, 1.807) is 31.2 Å². The molecule has 40 heavy (non-hydrogen) atoms. The largest absolute Gasteiger partial charge is 0.462 e. The molecule has 3 fully saturated rings. The Morgan fingerprint density at radius 1 is 1.10 bits per heavy atom. The molecule has 1 aliphatic carbocycles. The summed E-state index contributed by atoms with van der Waals surface area (Å²) < 4.78 is 25.0. The van der Waals surface area contributed by atoms with Crippen molar-refractivity contribution in [2.75, 3.05) is 13.2 Å². The Hall–Kier alpha value is -1.85. The second-order valence-electron chi connectivity index (χ2n) is 12.4. The first-order valence-corrected chi connectivity index (χ1v) is 14.6. The Balaban J connectivity index is 1.55. The van der Waals surface area contributed by atoms with E-state index in [2.05, 4.69) is 6.92 Å². The minimum absolute atomic E-state index is 0.0325. The van der Waals surface area contributed by atoms with Gasteiger partial charge in [0, 0.05) is 25.2 Å². The summed E-state index contributed by atoms with van der Waals surface area (Å²) in [5.41, 5.74) is -0.312. The van der Waals surface area contributed by atoms with Crippen molar-refractivity contribution >= 4 is 5.97 Å². The summed E-state index contributed by atoms with van der Waals surface area (Å²) in [6.07, 6.45) is 7.37. The molecule has 0 aromatic carbocycles. The van der Waals surface area contributed by atoms with Gasteiger partial charge < -0.3 is 39.4 Å². The van der Waals surface area contributed by atoms with Crippen LogP contribution in [-0.2, 0) is 23.7 Å². The van der Waals surface area contributed by atoms with Crippen LogP contribution in [0.3, 0.4) is 0 Å². The molecule has 4 aliphatic heterocycles. The summed E-state index contributed by atoms with van der Waals surface area (Å²) in [6.45, 7) is 7.46. The quantitative estimate of drug-likeness (QED) is 0.282. The van der Waals surface area contributed by atoms with E-state index in [9.17, 15) is 25.2 Å².